The van der Waals surface area contributed by atoms with Crippen LogP contribution in [0.2, 0.25) is 0 Å². The summed E-state index contributed by atoms with van der Waals surface area (Å²) in [5, 5.41) is 2.38. The lowest BCUT2D eigenvalue weighted by molar-refractivity contribution is -0.137. The second kappa shape index (κ2) is 6.69. The van der Waals surface area contributed by atoms with Crippen LogP contribution in [0.4, 0.5) is 18.9 Å². The van der Waals surface area contributed by atoms with E-state index in [4.69, 9.17) is 5.73 Å². The van der Waals surface area contributed by atoms with Gasteiger partial charge in [0.15, 0.2) is 5.82 Å². The Labute approximate surface area is 136 Å². The second-order valence-corrected chi connectivity index (χ2v) is 5.09. The number of halogens is 3. The fraction of sp³-hybridized carbons (Fsp3) is 0.188. The minimum Gasteiger partial charge on any atom is -0.404 e. The molecule has 0 saturated heterocycles. The van der Waals surface area contributed by atoms with Crippen LogP contribution in [0.3, 0.4) is 0 Å². The Hall–Kier alpha value is -2.90. The minimum atomic E-state index is -4.50. The number of rotatable bonds is 3. The molecule has 0 aliphatic rings. The molecule has 2 rings (SSSR count). The number of aromatic nitrogens is 2. The van der Waals surface area contributed by atoms with Gasteiger partial charge in [-0.15, -0.1) is 0 Å². The van der Waals surface area contributed by atoms with Gasteiger partial charge in [-0.3, -0.25) is 4.79 Å². The highest BCUT2D eigenvalue weighted by atomic mass is 19.4. The van der Waals surface area contributed by atoms with E-state index in [0.717, 1.165) is 18.3 Å². The number of amides is 1. The normalized spacial score (nSPS) is 12.1. The van der Waals surface area contributed by atoms with Gasteiger partial charge >= 0.3 is 6.18 Å². The molecule has 0 unspecified atom stereocenters. The van der Waals surface area contributed by atoms with Crippen molar-refractivity contribution in [2.45, 2.75) is 20.0 Å². The minimum absolute atomic E-state index is 0.00134. The summed E-state index contributed by atoms with van der Waals surface area (Å²) in [5.41, 5.74) is 5.87. The highest BCUT2D eigenvalue weighted by Gasteiger charge is 2.30. The fourth-order valence-corrected chi connectivity index (χ4v) is 2.07. The van der Waals surface area contributed by atoms with Gasteiger partial charge in [-0.25, -0.2) is 9.97 Å². The number of hydrogen-bond acceptors (Lipinski definition) is 4. The summed E-state index contributed by atoms with van der Waals surface area (Å²) in [6.07, 6.45) is -3.47. The van der Waals surface area contributed by atoms with Gasteiger partial charge in [-0.2, -0.15) is 13.2 Å². The van der Waals surface area contributed by atoms with Crippen molar-refractivity contribution in [3.63, 3.8) is 0 Å². The van der Waals surface area contributed by atoms with Crippen LogP contribution in [-0.4, -0.2) is 15.9 Å². The molecule has 0 aliphatic carbocycles. The van der Waals surface area contributed by atoms with Gasteiger partial charge < -0.3 is 11.1 Å². The Morgan fingerprint density at radius 1 is 1.17 bits per heavy atom. The molecule has 1 aromatic heterocycles. The summed E-state index contributed by atoms with van der Waals surface area (Å²) in [7, 11) is 0. The molecule has 24 heavy (non-hydrogen) atoms. The maximum atomic E-state index is 12.7. The van der Waals surface area contributed by atoms with Crippen molar-refractivity contribution in [3.05, 3.63) is 59.3 Å². The largest absolute Gasteiger partial charge is 0.416 e. The first-order valence-electron chi connectivity index (χ1n) is 6.94. The molecule has 0 saturated carbocycles. The van der Waals surface area contributed by atoms with Crippen molar-refractivity contribution in [1.82, 2.24) is 9.97 Å². The van der Waals surface area contributed by atoms with E-state index in [0.29, 0.717) is 11.4 Å². The molecule has 8 heteroatoms. The van der Waals surface area contributed by atoms with E-state index in [1.807, 2.05) is 0 Å². The number of aryl methyl sites for hydroxylation is 2. The molecule has 1 aromatic carbocycles. The molecule has 0 spiro atoms. The smallest absolute Gasteiger partial charge is 0.404 e. The Kier molecular flexibility index (Phi) is 4.87. The summed E-state index contributed by atoms with van der Waals surface area (Å²) in [6.45, 7) is 3.47. The molecule has 1 amide bonds. The van der Waals surface area contributed by atoms with E-state index in [2.05, 4.69) is 15.3 Å². The predicted molar refractivity (Wildman–Crippen MR) is 83.7 cm³/mol. The lowest BCUT2D eigenvalue weighted by Crippen LogP contribution is -2.17. The van der Waals surface area contributed by atoms with Crippen LogP contribution in [0.25, 0.3) is 5.57 Å². The number of benzene rings is 1. The maximum absolute atomic E-state index is 12.7. The molecule has 0 atom stereocenters. The number of nitrogens with zero attached hydrogens (tertiary/aromatic N) is 2. The summed E-state index contributed by atoms with van der Waals surface area (Å²) in [4.78, 5) is 20.6. The second-order valence-electron chi connectivity index (χ2n) is 5.09. The number of nitrogens with two attached hydrogens (primary N) is 1. The zero-order chi connectivity index (χ0) is 17.9. The number of hydrogen-bond donors (Lipinski definition) is 2. The van der Waals surface area contributed by atoms with Crippen molar-refractivity contribution in [1.29, 1.82) is 0 Å². The van der Waals surface area contributed by atoms with Gasteiger partial charge in [0.05, 0.1) is 11.1 Å². The van der Waals surface area contributed by atoms with Gasteiger partial charge in [-0.1, -0.05) is 6.07 Å². The summed E-state index contributed by atoms with van der Waals surface area (Å²) < 4.78 is 38.2. The Balaban J connectivity index is 2.28. The van der Waals surface area contributed by atoms with E-state index >= 15 is 0 Å². The SMILES string of the molecule is Cc1cc(C)nc(C(=CN)C(=O)Nc2cccc(C(F)(F)F)c2)n1. The number of carbonyl (C=O) groups is 1. The fourth-order valence-electron chi connectivity index (χ4n) is 2.07. The summed E-state index contributed by atoms with van der Waals surface area (Å²) in [5.74, 6) is -0.582. The van der Waals surface area contributed by atoms with Gasteiger partial charge in [0.2, 0.25) is 0 Å². The first kappa shape index (κ1) is 17.5. The lowest BCUT2D eigenvalue weighted by Gasteiger charge is -2.11. The lowest BCUT2D eigenvalue weighted by atomic mass is 10.1. The molecule has 0 bridgehead atoms. The van der Waals surface area contributed by atoms with E-state index in [-0.39, 0.29) is 17.1 Å². The average Bonchev–Trinajstić information content (AvgIpc) is 2.46. The third-order valence-electron chi connectivity index (χ3n) is 3.08. The molecule has 2 aromatic rings. The van der Waals surface area contributed by atoms with Crippen LogP contribution in [0, 0.1) is 13.8 Å². The van der Waals surface area contributed by atoms with E-state index in [9.17, 15) is 18.0 Å². The van der Waals surface area contributed by atoms with Gasteiger partial charge in [0.1, 0.15) is 0 Å². The topological polar surface area (TPSA) is 80.9 Å². The van der Waals surface area contributed by atoms with Gasteiger partial charge in [0, 0.05) is 23.3 Å². The summed E-state index contributed by atoms with van der Waals surface area (Å²) in [6, 6.07) is 6.04. The molecule has 0 aliphatic heterocycles. The van der Waals surface area contributed by atoms with Crippen molar-refractivity contribution in [3.8, 4) is 0 Å². The zero-order valence-electron chi connectivity index (χ0n) is 13.0. The molecule has 1 heterocycles. The van der Waals surface area contributed by atoms with Crippen molar-refractivity contribution in [2.75, 3.05) is 5.32 Å². The Bertz CT molecular complexity index is 780. The molecular formula is C16H15F3N4O. The van der Waals surface area contributed by atoms with Crippen LogP contribution in [0.15, 0.2) is 36.5 Å². The molecule has 0 radical (unpaired) electrons. The molecule has 126 valence electrons. The van der Waals surface area contributed by atoms with Crippen LogP contribution >= 0.6 is 0 Å². The Morgan fingerprint density at radius 2 is 1.79 bits per heavy atom. The molecular weight excluding hydrogens is 321 g/mol. The third kappa shape index (κ3) is 4.09. The monoisotopic (exact) mass is 336 g/mol. The standard InChI is InChI=1S/C16H15F3N4O/c1-9-6-10(2)22-14(21-9)13(8-20)15(24)23-12-5-3-4-11(7-12)16(17,18)19/h3-8H,20H2,1-2H3,(H,23,24). The molecule has 5 nitrogen and oxygen atoms in total. The molecule has 3 N–H and O–H groups in total. The number of anilines is 1. The predicted octanol–water partition coefficient (Wildman–Crippen LogP) is 3.05. The van der Waals surface area contributed by atoms with Gasteiger partial charge in [0.25, 0.3) is 5.91 Å². The first-order chi connectivity index (χ1) is 11.2. The van der Waals surface area contributed by atoms with Crippen molar-refractivity contribution >= 4 is 17.2 Å². The molecule has 0 fully saturated rings. The average molecular weight is 336 g/mol. The summed E-state index contributed by atoms with van der Waals surface area (Å²) >= 11 is 0. The first-order valence-corrected chi connectivity index (χ1v) is 6.94. The highest BCUT2D eigenvalue weighted by Crippen LogP contribution is 2.30. The Morgan fingerprint density at radius 3 is 2.33 bits per heavy atom. The number of carbonyl (C=O) groups excluding carboxylic acids is 1. The van der Waals surface area contributed by atoms with E-state index < -0.39 is 17.6 Å². The van der Waals surface area contributed by atoms with E-state index in [1.54, 1.807) is 19.9 Å². The van der Waals surface area contributed by atoms with Crippen LogP contribution < -0.4 is 11.1 Å². The quantitative estimate of drug-likeness (QED) is 0.844. The number of alkyl halides is 3. The van der Waals surface area contributed by atoms with Crippen LogP contribution in [0.1, 0.15) is 22.8 Å². The zero-order valence-corrected chi connectivity index (χ0v) is 13.0. The van der Waals surface area contributed by atoms with Crippen LogP contribution in [-0.2, 0) is 11.0 Å². The van der Waals surface area contributed by atoms with Crippen LogP contribution in [0.5, 0.6) is 0 Å². The maximum Gasteiger partial charge on any atom is 0.416 e. The van der Waals surface area contributed by atoms with Crippen molar-refractivity contribution in [2.24, 2.45) is 5.73 Å². The highest BCUT2D eigenvalue weighted by molar-refractivity contribution is 6.24. The van der Waals surface area contributed by atoms with Gasteiger partial charge in [-0.05, 0) is 38.1 Å². The third-order valence-corrected chi connectivity index (χ3v) is 3.08. The number of nitrogens with one attached hydrogen (secondary N) is 1. The van der Waals surface area contributed by atoms with E-state index in [1.165, 1.54) is 12.1 Å². The van der Waals surface area contributed by atoms with Crippen molar-refractivity contribution < 1.29 is 18.0 Å².